The molecule has 0 amide bonds. The normalized spacial score (nSPS) is 13.4. The van der Waals surface area contributed by atoms with Crippen molar-refractivity contribution in [1.82, 2.24) is 9.97 Å². The molecule has 0 atom stereocenters. The molecule has 2 aromatic heterocycles. The number of hydrogen-bond acceptors (Lipinski definition) is 4. The van der Waals surface area contributed by atoms with E-state index in [2.05, 4.69) is 109 Å². The Morgan fingerprint density at radius 2 is 0.865 bits per heavy atom. The minimum Gasteiger partial charge on any atom is -0.245 e. The summed E-state index contributed by atoms with van der Waals surface area (Å²) in [6.45, 7) is 4.70. The molecule has 2 heterocycles. The Labute approximate surface area is 225 Å². The summed E-state index contributed by atoms with van der Waals surface area (Å²) >= 11 is 3.35. The van der Waals surface area contributed by atoms with Crippen molar-refractivity contribution in [3.63, 3.8) is 0 Å². The Kier molecular flexibility index (Phi) is 5.20. The Morgan fingerprint density at radius 3 is 1.24 bits per heavy atom. The number of rotatable bonds is 4. The molecule has 0 N–H and O–H groups in total. The van der Waals surface area contributed by atoms with Crippen molar-refractivity contribution in [3.05, 3.63) is 119 Å². The van der Waals surface area contributed by atoms with Crippen molar-refractivity contribution in [3.8, 4) is 54.5 Å². The molecule has 6 aromatic rings. The third-order valence-corrected chi connectivity index (χ3v) is 9.12. The quantitative estimate of drug-likeness (QED) is 0.235. The second kappa shape index (κ2) is 8.62. The Bertz CT molecular complexity index is 1580. The number of fused-ring (bicyclic) bond motifs is 3. The van der Waals surface area contributed by atoms with Gasteiger partial charge in [0.05, 0.1) is 0 Å². The maximum atomic E-state index is 4.44. The summed E-state index contributed by atoms with van der Waals surface area (Å²) in [5, 5.41) is 6.16. The minimum atomic E-state index is -0.0711. The van der Waals surface area contributed by atoms with Crippen molar-refractivity contribution in [2.75, 3.05) is 0 Å². The first kappa shape index (κ1) is 22.3. The molecule has 0 radical (unpaired) electrons. The zero-order chi connectivity index (χ0) is 25.0. The van der Waals surface area contributed by atoms with Gasteiger partial charge in [0.25, 0.3) is 0 Å². The molecular formula is C33H24N2S2. The molecule has 0 spiro atoms. The average molecular weight is 513 g/mol. The van der Waals surface area contributed by atoms with E-state index in [-0.39, 0.29) is 5.41 Å². The first-order chi connectivity index (χ1) is 18.1. The Morgan fingerprint density at radius 1 is 0.486 bits per heavy atom. The highest BCUT2D eigenvalue weighted by atomic mass is 32.1. The van der Waals surface area contributed by atoms with Gasteiger partial charge in [-0.3, -0.25) is 0 Å². The van der Waals surface area contributed by atoms with Crippen LogP contribution in [0.25, 0.3) is 54.5 Å². The van der Waals surface area contributed by atoms with E-state index < -0.39 is 0 Å². The molecule has 7 rings (SSSR count). The van der Waals surface area contributed by atoms with Gasteiger partial charge < -0.3 is 0 Å². The summed E-state index contributed by atoms with van der Waals surface area (Å²) in [5.41, 5.74) is 12.7. The number of thiazole rings is 2. The zero-order valence-corrected chi connectivity index (χ0v) is 22.2. The van der Waals surface area contributed by atoms with E-state index >= 15 is 0 Å². The predicted molar refractivity (Wildman–Crippen MR) is 157 cm³/mol. The lowest BCUT2D eigenvalue weighted by atomic mass is 9.81. The third kappa shape index (κ3) is 3.76. The monoisotopic (exact) mass is 512 g/mol. The molecule has 178 valence electrons. The predicted octanol–water partition coefficient (Wildman–Crippen LogP) is 9.57. The first-order valence-electron chi connectivity index (χ1n) is 12.4. The summed E-state index contributed by atoms with van der Waals surface area (Å²) < 4.78 is 0. The van der Waals surface area contributed by atoms with E-state index in [0.717, 1.165) is 10.0 Å². The van der Waals surface area contributed by atoms with Crippen LogP contribution >= 0.6 is 22.7 Å². The van der Waals surface area contributed by atoms with E-state index in [1.807, 2.05) is 23.2 Å². The van der Waals surface area contributed by atoms with E-state index in [1.165, 1.54) is 55.6 Å². The van der Waals surface area contributed by atoms with Crippen LogP contribution in [0.4, 0.5) is 0 Å². The van der Waals surface area contributed by atoms with Crippen molar-refractivity contribution in [2.45, 2.75) is 19.3 Å². The molecule has 1 aliphatic rings. The topological polar surface area (TPSA) is 25.8 Å². The van der Waals surface area contributed by atoms with Gasteiger partial charge in [-0.1, -0.05) is 86.6 Å². The van der Waals surface area contributed by atoms with E-state index in [4.69, 9.17) is 0 Å². The first-order valence-corrected chi connectivity index (χ1v) is 14.1. The van der Waals surface area contributed by atoms with Crippen LogP contribution in [0.15, 0.2) is 108 Å². The highest BCUT2D eigenvalue weighted by Gasteiger charge is 2.35. The number of benzene rings is 4. The molecule has 0 saturated heterocycles. The number of aromatic nitrogens is 2. The van der Waals surface area contributed by atoms with Gasteiger partial charge in [-0.15, -0.1) is 22.7 Å². The van der Waals surface area contributed by atoms with Crippen molar-refractivity contribution < 1.29 is 0 Å². The molecule has 37 heavy (non-hydrogen) atoms. The van der Waals surface area contributed by atoms with E-state index in [1.54, 1.807) is 22.7 Å². The highest BCUT2D eigenvalue weighted by molar-refractivity contribution is 7.13. The van der Waals surface area contributed by atoms with Gasteiger partial charge in [-0.2, -0.15) is 0 Å². The minimum absolute atomic E-state index is 0.0711. The SMILES string of the molecule is CC1(C)c2cc(-c3ccc(-c4nccs4)cc3)ccc2-c2ccc(-c3ccc(-c4nccs4)cc3)cc21. The fraction of sp³-hybridized carbons (Fsp3) is 0.0909. The van der Waals surface area contributed by atoms with E-state index in [9.17, 15) is 0 Å². The van der Waals surface area contributed by atoms with Crippen molar-refractivity contribution in [1.29, 1.82) is 0 Å². The molecule has 2 nitrogen and oxygen atoms in total. The van der Waals surface area contributed by atoms with Gasteiger partial charge in [0.1, 0.15) is 10.0 Å². The van der Waals surface area contributed by atoms with Crippen LogP contribution in [0.1, 0.15) is 25.0 Å². The summed E-state index contributed by atoms with van der Waals surface area (Å²) in [6, 6.07) is 31.4. The van der Waals surface area contributed by atoms with Crippen LogP contribution in [0.2, 0.25) is 0 Å². The van der Waals surface area contributed by atoms with Gasteiger partial charge in [-0.05, 0) is 56.6 Å². The zero-order valence-electron chi connectivity index (χ0n) is 20.6. The lowest BCUT2D eigenvalue weighted by Gasteiger charge is -2.22. The van der Waals surface area contributed by atoms with Crippen LogP contribution in [-0.4, -0.2) is 9.97 Å². The van der Waals surface area contributed by atoms with Crippen LogP contribution < -0.4 is 0 Å². The Hall–Kier alpha value is -3.86. The fourth-order valence-electron chi connectivity index (χ4n) is 5.44. The smallest absolute Gasteiger partial charge is 0.123 e. The van der Waals surface area contributed by atoms with Crippen LogP contribution in [0.5, 0.6) is 0 Å². The Balaban J connectivity index is 1.22. The van der Waals surface area contributed by atoms with Crippen LogP contribution in [0.3, 0.4) is 0 Å². The van der Waals surface area contributed by atoms with Gasteiger partial charge in [-0.25, -0.2) is 9.97 Å². The summed E-state index contributed by atoms with van der Waals surface area (Å²) in [5.74, 6) is 0. The van der Waals surface area contributed by atoms with Gasteiger partial charge in [0.15, 0.2) is 0 Å². The summed E-state index contributed by atoms with van der Waals surface area (Å²) in [4.78, 5) is 8.88. The molecule has 4 aromatic carbocycles. The molecule has 4 heteroatoms. The summed E-state index contributed by atoms with van der Waals surface area (Å²) in [7, 11) is 0. The standard InChI is InChI=1S/C33H24N2S2/c1-33(2)29-19-25(21-3-7-23(8-4-21)31-34-15-17-36-31)11-13-27(29)28-14-12-26(20-30(28)33)22-5-9-24(10-6-22)32-35-16-18-37-32/h3-20H,1-2H3. The summed E-state index contributed by atoms with van der Waals surface area (Å²) in [6.07, 6.45) is 3.72. The lowest BCUT2D eigenvalue weighted by Crippen LogP contribution is -2.15. The highest BCUT2D eigenvalue weighted by Crippen LogP contribution is 2.50. The number of nitrogens with zero attached hydrogens (tertiary/aromatic N) is 2. The maximum Gasteiger partial charge on any atom is 0.123 e. The number of hydrogen-bond donors (Lipinski definition) is 0. The fourth-order valence-corrected chi connectivity index (χ4v) is 6.73. The van der Waals surface area contributed by atoms with Crippen molar-refractivity contribution >= 4 is 22.7 Å². The molecule has 0 saturated carbocycles. The lowest BCUT2D eigenvalue weighted by molar-refractivity contribution is 0.661. The molecular weight excluding hydrogens is 489 g/mol. The second-order valence-electron chi connectivity index (χ2n) is 9.97. The molecule has 0 unspecified atom stereocenters. The molecule has 1 aliphatic carbocycles. The average Bonchev–Trinajstić information content (AvgIpc) is 3.71. The third-order valence-electron chi connectivity index (χ3n) is 7.47. The largest absolute Gasteiger partial charge is 0.245 e. The molecule has 0 bridgehead atoms. The van der Waals surface area contributed by atoms with Crippen molar-refractivity contribution in [2.24, 2.45) is 0 Å². The molecule has 0 fully saturated rings. The van der Waals surface area contributed by atoms with Gasteiger partial charge in [0.2, 0.25) is 0 Å². The molecule has 0 aliphatic heterocycles. The van der Waals surface area contributed by atoms with Gasteiger partial charge >= 0.3 is 0 Å². The maximum absolute atomic E-state index is 4.44. The van der Waals surface area contributed by atoms with E-state index in [0.29, 0.717) is 0 Å². The van der Waals surface area contributed by atoms with Crippen LogP contribution in [-0.2, 0) is 5.41 Å². The van der Waals surface area contributed by atoms with Gasteiger partial charge in [0, 0.05) is 39.7 Å². The second-order valence-corrected chi connectivity index (χ2v) is 11.8. The van der Waals surface area contributed by atoms with Crippen LogP contribution in [0, 0.1) is 0 Å².